The lowest BCUT2D eigenvalue weighted by Gasteiger charge is -2.17. The van der Waals surface area contributed by atoms with E-state index in [2.05, 4.69) is 15.3 Å². The lowest BCUT2D eigenvalue weighted by Crippen LogP contribution is -2.33. The molecule has 0 spiro atoms. The number of phenols is 1. The summed E-state index contributed by atoms with van der Waals surface area (Å²) in [4.78, 5) is 32.7. The predicted molar refractivity (Wildman–Crippen MR) is 124 cm³/mol. The Morgan fingerprint density at radius 3 is 2.56 bits per heavy atom. The number of aromatic amines is 1. The van der Waals surface area contributed by atoms with Gasteiger partial charge in [0.15, 0.2) is 6.61 Å². The number of aromatic nitrogens is 2. The van der Waals surface area contributed by atoms with E-state index in [9.17, 15) is 14.7 Å². The van der Waals surface area contributed by atoms with Crippen LogP contribution in [0.2, 0.25) is 0 Å². The van der Waals surface area contributed by atoms with Gasteiger partial charge in [0.1, 0.15) is 11.5 Å². The number of hydrogen-bond acceptors (Lipinski definition) is 6. The summed E-state index contributed by atoms with van der Waals surface area (Å²) in [7, 11) is 3.64. The van der Waals surface area contributed by atoms with E-state index >= 15 is 0 Å². The molecule has 168 valence electrons. The molecule has 3 aromatic rings. The Bertz CT molecular complexity index is 1130. The van der Waals surface area contributed by atoms with E-state index in [-0.39, 0.29) is 18.3 Å². The second kappa shape index (κ2) is 10.6. The molecule has 3 rings (SSSR count). The topological polar surface area (TPSA) is 108 Å². The van der Waals surface area contributed by atoms with Crippen molar-refractivity contribution in [2.75, 3.05) is 33.8 Å². The van der Waals surface area contributed by atoms with Gasteiger partial charge in [-0.05, 0) is 86.6 Å². The standard InChI is InChI=1S/C24H28N4O4/c1-16-13-18(7-10-22(16)29)21-14-20(26-24(31)27-21)17-5-8-19(9-6-17)32-15-23(30)28(3)12-4-11-25-2/h5-10,13-14,25,29H,4,11-12,15H2,1-3H3,(H,26,27,31). The average molecular weight is 437 g/mol. The Kier molecular flexibility index (Phi) is 7.62. The van der Waals surface area contributed by atoms with Crippen LogP contribution in [-0.2, 0) is 4.79 Å². The van der Waals surface area contributed by atoms with Crippen LogP contribution in [0.5, 0.6) is 11.5 Å². The van der Waals surface area contributed by atoms with Crippen molar-refractivity contribution < 1.29 is 14.6 Å². The van der Waals surface area contributed by atoms with E-state index in [1.807, 2.05) is 19.2 Å². The van der Waals surface area contributed by atoms with Crippen LogP contribution in [-0.4, -0.2) is 59.7 Å². The van der Waals surface area contributed by atoms with E-state index in [0.29, 0.717) is 29.2 Å². The molecule has 0 unspecified atom stereocenters. The highest BCUT2D eigenvalue weighted by atomic mass is 16.5. The number of benzene rings is 2. The first kappa shape index (κ1) is 23.0. The molecular formula is C24H28N4O4. The van der Waals surface area contributed by atoms with Crippen LogP contribution in [0.1, 0.15) is 12.0 Å². The number of phenolic OH excluding ortho intramolecular Hbond substituents is 1. The lowest BCUT2D eigenvalue weighted by molar-refractivity contribution is -0.132. The van der Waals surface area contributed by atoms with Crippen LogP contribution in [0.25, 0.3) is 22.5 Å². The molecule has 8 heteroatoms. The van der Waals surface area contributed by atoms with E-state index < -0.39 is 5.69 Å². The van der Waals surface area contributed by atoms with E-state index in [0.717, 1.165) is 24.1 Å². The minimum absolute atomic E-state index is 0.0359. The normalized spacial score (nSPS) is 10.7. The van der Waals surface area contributed by atoms with Crippen molar-refractivity contribution in [3.05, 3.63) is 64.6 Å². The molecule has 0 radical (unpaired) electrons. The second-order valence-corrected chi connectivity index (χ2v) is 7.57. The van der Waals surface area contributed by atoms with Gasteiger partial charge in [0.2, 0.25) is 0 Å². The highest BCUT2D eigenvalue weighted by molar-refractivity contribution is 5.77. The van der Waals surface area contributed by atoms with Crippen molar-refractivity contribution >= 4 is 5.91 Å². The summed E-state index contributed by atoms with van der Waals surface area (Å²) in [6.45, 7) is 3.27. The van der Waals surface area contributed by atoms with Crippen LogP contribution in [0, 0.1) is 6.92 Å². The summed E-state index contributed by atoms with van der Waals surface area (Å²) in [6.07, 6.45) is 0.878. The van der Waals surface area contributed by atoms with Gasteiger partial charge in [-0.25, -0.2) is 4.79 Å². The molecule has 0 aliphatic heterocycles. The van der Waals surface area contributed by atoms with Crippen molar-refractivity contribution in [3.63, 3.8) is 0 Å². The Morgan fingerprint density at radius 2 is 1.88 bits per heavy atom. The minimum atomic E-state index is -0.463. The third kappa shape index (κ3) is 5.95. The summed E-state index contributed by atoms with van der Waals surface area (Å²) in [5.74, 6) is 0.672. The number of carbonyl (C=O) groups is 1. The molecule has 0 saturated carbocycles. The molecule has 1 heterocycles. The van der Waals surface area contributed by atoms with Gasteiger partial charge in [0, 0.05) is 19.2 Å². The number of hydrogen-bond donors (Lipinski definition) is 3. The average Bonchev–Trinajstić information content (AvgIpc) is 2.79. The zero-order valence-electron chi connectivity index (χ0n) is 18.5. The van der Waals surface area contributed by atoms with Crippen LogP contribution in [0.4, 0.5) is 0 Å². The molecule has 0 aliphatic carbocycles. The third-order valence-electron chi connectivity index (χ3n) is 5.11. The molecule has 0 fully saturated rings. The number of H-pyrrole nitrogens is 1. The van der Waals surface area contributed by atoms with Crippen molar-refractivity contribution in [2.24, 2.45) is 0 Å². The fourth-order valence-electron chi connectivity index (χ4n) is 3.18. The zero-order chi connectivity index (χ0) is 23.1. The first-order valence-corrected chi connectivity index (χ1v) is 10.4. The van der Waals surface area contributed by atoms with Crippen LogP contribution >= 0.6 is 0 Å². The Morgan fingerprint density at radius 1 is 1.16 bits per heavy atom. The number of aryl methyl sites for hydroxylation is 1. The molecule has 8 nitrogen and oxygen atoms in total. The van der Waals surface area contributed by atoms with E-state index in [4.69, 9.17) is 4.74 Å². The van der Waals surface area contributed by atoms with Gasteiger partial charge in [-0.3, -0.25) is 4.79 Å². The van der Waals surface area contributed by atoms with Crippen molar-refractivity contribution in [1.29, 1.82) is 0 Å². The van der Waals surface area contributed by atoms with Gasteiger partial charge < -0.3 is 25.0 Å². The third-order valence-corrected chi connectivity index (χ3v) is 5.11. The largest absolute Gasteiger partial charge is 0.508 e. The fraction of sp³-hybridized carbons (Fsp3) is 0.292. The minimum Gasteiger partial charge on any atom is -0.508 e. The molecule has 1 amide bonds. The van der Waals surface area contributed by atoms with Gasteiger partial charge in [-0.2, -0.15) is 4.98 Å². The van der Waals surface area contributed by atoms with E-state index in [1.165, 1.54) is 0 Å². The quantitative estimate of drug-likeness (QED) is 0.445. The van der Waals surface area contributed by atoms with Crippen LogP contribution in [0.3, 0.4) is 0 Å². The number of rotatable bonds is 9. The predicted octanol–water partition coefficient (Wildman–Crippen LogP) is 2.56. The lowest BCUT2D eigenvalue weighted by atomic mass is 10.1. The van der Waals surface area contributed by atoms with Gasteiger partial charge >= 0.3 is 5.69 Å². The monoisotopic (exact) mass is 436 g/mol. The van der Waals surface area contributed by atoms with Gasteiger partial charge in [0.05, 0.1) is 11.4 Å². The van der Waals surface area contributed by atoms with Gasteiger partial charge in [0.25, 0.3) is 5.91 Å². The number of aromatic hydroxyl groups is 1. The summed E-state index contributed by atoms with van der Waals surface area (Å²) in [6, 6.07) is 14.0. The molecule has 0 atom stereocenters. The molecule has 32 heavy (non-hydrogen) atoms. The number of amides is 1. The van der Waals surface area contributed by atoms with Crippen molar-refractivity contribution in [2.45, 2.75) is 13.3 Å². The van der Waals surface area contributed by atoms with Crippen LogP contribution in [0.15, 0.2) is 53.3 Å². The maximum absolute atomic E-state index is 12.2. The molecular weight excluding hydrogens is 408 g/mol. The number of likely N-dealkylation sites (N-methyl/N-ethyl adjacent to an activating group) is 1. The first-order chi connectivity index (χ1) is 15.4. The Hall–Kier alpha value is -3.65. The number of nitrogens with zero attached hydrogens (tertiary/aromatic N) is 2. The molecule has 2 aromatic carbocycles. The summed E-state index contributed by atoms with van der Waals surface area (Å²) >= 11 is 0. The van der Waals surface area contributed by atoms with Gasteiger partial charge in [-0.1, -0.05) is 0 Å². The zero-order valence-corrected chi connectivity index (χ0v) is 18.5. The Labute approximate surface area is 186 Å². The number of carbonyl (C=O) groups excluding carboxylic acids is 1. The molecule has 1 aromatic heterocycles. The summed E-state index contributed by atoms with van der Waals surface area (Å²) in [5, 5.41) is 12.8. The SMILES string of the molecule is CNCCCN(C)C(=O)COc1ccc(-c2cc(-c3ccc(O)c(C)c3)nc(=O)[nH]2)cc1. The molecule has 0 bridgehead atoms. The van der Waals surface area contributed by atoms with Crippen molar-refractivity contribution in [1.82, 2.24) is 20.2 Å². The maximum Gasteiger partial charge on any atom is 0.345 e. The van der Waals surface area contributed by atoms with Crippen LogP contribution < -0.4 is 15.7 Å². The fourth-order valence-corrected chi connectivity index (χ4v) is 3.18. The highest BCUT2D eigenvalue weighted by Gasteiger charge is 2.10. The Balaban J connectivity index is 1.69. The molecule has 0 saturated heterocycles. The number of nitrogens with one attached hydrogen (secondary N) is 2. The maximum atomic E-state index is 12.2. The summed E-state index contributed by atoms with van der Waals surface area (Å²) < 4.78 is 5.61. The first-order valence-electron chi connectivity index (χ1n) is 10.4. The number of ether oxygens (including phenoxy) is 1. The smallest absolute Gasteiger partial charge is 0.345 e. The highest BCUT2D eigenvalue weighted by Crippen LogP contribution is 2.26. The summed E-state index contributed by atoms with van der Waals surface area (Å²) in [5.41, 5.74) is 2.89. The van der Waals surface area contributed by atoms with Gasteiger partial charge in [-0.15, -0.1) is 0 Å². The molecule has 0 aliphatic rings. The van der Waals surface area contributed by atoms with Crippen molar-refractivity contribution in [3.8, 4) is 34.0 Å². The molecule has 3 N–H and O–H groups in total. The second-order valence-electron chi connectivity index (χ2n) is 7.57. The van der Waals surface area contributed by atoms with E-state index in [1.54, 1.807) is 55.3 Å².